The van der Waals surface area contributed by atoms with Crippen LogP contribution in [0.4, 0.5) is 0 Å². The van der Waals surface area contributed by atoms with Gasteiger partial charge in [0.1, 0.15) is 6.04 Å². The molecule has 0 fully saturated rings. The zero-order valence-electron chi connectivity index (χ0n) is 11.7. The van der Waals surface area contributed by atoms with E-state index >= 15 is 0 Å². The molecule has 0 saturated heterocycles. The zero-order chi connectivity index (χ0) is 15.9. The van der Waals surface area contributed by atoms with Crippen molar-refractivity contribution in [1.29, 1.82) is 0 Å². The molecule has 0 bridgehead atoms. The van der Waals surface area contributed by atoms with Crippen molar-refractivity contribution >= 4 is 23.7 Å². The fourth-order valence-electron chi connectivity index (χ4n) is 1.10. The molecule has 0 rings (SSSR count). The molecule has 0 radical (unpaired) electrons. The number of aliphatic carboxylic acids is 1. The molecule has 0 heterocycles. The van der Waals surface area contributed by atoms with Crippen LogP contribution in [0, 0.1) is 0 Å². The monoisotopic (exact) mass is 288 g/mol. The predicted octanol–water partition coefficient (Wildman–Crippen LogP) is -4.51. The first-order chi connectivity index (χ1) is 9.15. The van der Waals surface area contributed by atoms with Crippen molar-refractivity contribution in [1.82, 2.24) is 16.0 Å². The number of carbonyl (C=O) groups excluding carboxylic acids is 4. The van der Waals surface area contributed by atoms with Crippen LogP contribution in [0.3, 0.4) is 0 Å². The van der Waals surface area contributed by atoms with Gasteiger partial charge in [0.2, 0.25) is 11.8 Å². The molecule has 0 aliphatic rings. The lowest BCUT2D eigenvalue weighted by Crippen LogP contribution is -2.66. The van der Waals surface area contributed by atoms with Crippen LogP contribution in [0.1, 0.15) is 20.8 Å². The smallest absolute Gasteiger partial charge is 0.278 e. The van der Waals surface area contributed by atoms with E-state index in [4.69, 9.17) is 0 Å². The maximum atomic E-state index is 11.5. The predicted molar refractivity (Wildman–Crippen MR) is 65.6 cm³/mol. The molecule has 9 nitrogen and oxygen atoms in total. The number of carboxylic acid groups (broad SMARTS) is 1. The second kappa shape index (κ2) is 8.10. The number of amides is 3. The minimum Gasteiger partial charge on any atom is -0.548 e. The van der Waals surface area contributed by atoms with Gasteiger partial charge in [-0.3, -0.25) is 14.4 Å². The lowest BCUT2D eigenvalue weighted by Gasteiger charge is -2.19. The van der Waals surface area contributed by atoms with Crippen molar-refractivity contribution in [3.05, 3.63) is 0 Å². The number of carbonyl (C=O) groups is 4. The van der Waals surface area contributed by atoms with Crippen molar-refractivity contribution < 1.29 is 30.0 Å². The summed E-state index contributed by atoms with van der Waals surface area (Å²) in [6.07, 6.45) is 0. The van der Waals surface area contributed by atoms with Gasteiger partial charge in [-0.1, -0.05) is 0 Å². The Bertz CT molecular complexity index is 396. The molecule has 9 heteroatoms. The average Bonchev–Trinajstić information content (AvgIpc) is 2.35. The minimum absolute atomic E-state index is 0.285. The van der Waals surface area contributed by atoms with Crippen molar-refractivity contribution in [2.24, 2.45) is 0 Å². The third-order valence-corrected chi connectivity index (χ3v) is 2.35. The zero-order valence-corrected chi connectivity index (χ0v) is 11.7. The normalized spacial score (nSPS) is 14.6. The van der Waals surface area contributed by atoms with Gasteiger partial charge in [-0.25, -0.2) is 0 Å². The molecule has 20 heavy (non-hydrogen) atoms. The highest BCUT2D eigenvalue weighted by atomic mass is 16.4. The Morgan fingerprint density at radius 2 is 1.55 bits per heavy atom. The summed E-state index contributed by atoms with van der Waals surface area (Å²) < 4.78 is 0. The third-order valence-electron chi connectivity index (χ3n) is 2.35. The van der Waals surface area contributed by atoms with Gasteiger partial charge in [0.25, 0.3) is 5.91 Å². The summed E-state index contributed by atoms with van der Waals surface area (Å²) in [6, 6.07) is -2.58. The lowest BCUT2D eigenvalue weighted by molar-refractivity contribution is -0.398. The quantitative estimate of drug-likeness (QED) is 0.371. The van der Waals surface area contributed by atoms with Gasteiger partial charge in [-0.15, -0.1) is 0 Å². The van der Waals surface area contributed by atoms with Crippen molar-refractivity contribution in [2.75, 3.05) is 6.54 Å². The molecule has 0 aromatic heterocycles. The van der Waals surface area contributed by atoms with Crippen LogP contribution in [0.2, 0.25) is 0 Å². The van der Waals surface area contributed by atoms with Crippen LogP contribution in [-0.4, -0.2) is 48.4 Å². The van der Waals surface area contributed by atoms with E-state index < -0.39 is 35.9 Å². The van der Waals surface area contributed by atoms with Crippen LogP contribution in [0.5, 0.6) is 0 Å². The molecule has 0 aliphatic heterocycles. The first kappa shape index (κ1) is 17.8. The standard InChI is InChI=1S/C11H20N4O5/c1-5(12)9(17)13-4-8(16)14-6(2)10(18)15-7(3)11(19)20/h5-7H,4,12H2,1-3H3,(H,13,17)(H,14,16)(H,15,18)(H,19,20)/t5-,6-,7-/m0/s1. The largest absolute Gasteiger partial charge is 0.548 e. The summed E-state index contributed by atoms with van der Waals surface area (Å²) in [5.41, 5.74) is 3.49. The molecule has 0 aromatic rings. The lowest BCUT2D eigenvalue weighted by atomic mass is 10.2. The van der Waals surface area contributed by atoms with Crippen molar-refractivity contribution in [3.8, 4) is 0 Å². The van der Waals surface area contributed by atoms with E-state index in [9.17, 15) is 24.3 Å². The molecular weight excluding hydrogens is 268 g/mol. The third kappa shape index (κ3) is 6.69. The van der Waals surface area contributed by atoms with Crippen LogP contribution in [0.25, 0.3) is 0 Å². The van der Waals surface area contributed by atoms with Crippen LogP contribution < -0.4 is 26.8 Å². The average molecular weight is 288 g/mol. The first-order valence-corrected chi connectivity index (χ1v) is 6.06. The van der Waals surface area contributed by atoms with Crippen LogP contribution >= 0.6 is 0 Å². The second-order valence-corrected chi connectivity index (χ2v) is 4.46. The Labute approximate surface area is 116 Å². The van der Waals surface area contributed by atoms with E-state index in [1.54, 1.807) is 6.92 Å². The summed E-state index contributed by atoms with van der Waals surface area (Å²) in [5.74, 6) is -3.04. The van der Waals surface area contributed by atoms with Gasteiger partial charge < -0.3 is 31.6 Å². The van der Waals surface area contributed by atoms with E-state index in [0.29, 0.717) is 0 Å². The SMILES string of the molecule is C[C@H]([NH3+])C(=O)NCC(=O)N[C@@H](C)C(=O)N[C@@H](C)C(=O)[O-]. The van der Waals surface area contributed by atoms with E-state index in [2.05, 4.69) is 21.7 Å². The van der Waals surface area contributed by atoms with Crippen LogP contribution in [-0.2, 0) is 19.2 Å². The molecule has 3 amide bonds. The number of carboxylic acids is 1. The van der Waals surface area contributed by atoms with E-state index in [0.717, 1.165) is 0 Å². The molecule has 0 saturated carbocycles. The Balaban J connectivity index is 4.16. The Hall–Kier alpha value is -2.16. The Kier molecular flexibility index (Phi) is 7.22. The van der Waals surface area contributed by atoms with Gasteiger partial charge in [0.05, 0.1) is 18.6 Å². The maximum absolute atomic E-state index is 11.5. The van der Waals surface area contributed by atoms with Gasteiger partial charge in [-0.05, 0) is 20.8 Å². The Morgan fingerprint density at radius 1 is 1.00 bits per heavy atom. The molecule has 3 atom stereocenters. The first-order valence-electron chi connectivity index (χ1n) is 6.06. The van der Waals surface area contributed by atoms with E-state index in [-0.39, 0.29) is 12.5 Å². The van der Waals surface area contributed by atoms with Gasteiger partial charge >= 0.3 is 0 Å². The summed E-state index contributed by atoms with van der Waals surface area (Å²) >= 11 is 0. The summed E-state index contributed by atoms with van der Waals surface area (Å²) in [7, 11) is 0. The topological polar surface area (TPSA) is 155 Å². The molecule has 6 N–H and O–H groups in total. The second-order valence-electron chi connectivity index (χ2n) is 4.46. The van der Waals surface area contributed by atoms with Gasteiger partial charge in [0.15, 0.2) is 6.04 Å². The van der Waals surface area contributed by atoms with Crippen molar-refractivity contribution in [2.45, 2.75) is 38.9 Å². The minimum atomic E-state index is -1.42. The number of quaternary nitrogens is 1. The Morgan fingerprint density at radius 3 is 2.00 bits per heavy atom. The fourth-order valence-corrected chi connectivity index (χ4v) is 1.10. The summed E-state index contributed by atoms with van der Waals surface area (Å²) in [6.45, 7) is 3.93. The number of hydrogen-bond donors (Lipinski definition) is 4. The summed E-state index contributed by atoms with van der Waals surface area (Å²) in [5, 5.41) is 17.3. The highest BCUT2D eigenvalue weighted by Gasteiger charge is 2.18. The number of rotatable bonds is 7. The fraction of sp³-hybridized carbons (Fsp3) is 0.636. The molecule has 114 valence electrons. The molecule has 0 aromatic carbocycles. The van der Waals surface area contributed by atoms with Crippen molar-refractivity contribution in [3.63, 3.8) is 0 Å². The molecule has 0 spiro atoms. The van der Waals surface area contributed by atoms with Gasteiger partial charge in [-0.2, -0.15) is 0 Å². The van der Waals surface area contributed by atoms with Crippen LogP contribution in [0.15, 0.2) is 0 Å². The maximum Gasteiger partial charge on any atom is 0.278 e. The highest BCUT2D eigenvalue weighted by molar-refractivity contribution is 5.91. The molecular formula is C11H20N4O5. The van der Waals surface area contributed by atoms with E-state index in [1.807, 2.05) is 0 Å². The highest BCUT2D eigenvalue weighted by Crippen LogP contribution is 1.86. The molecule has 0 unspecified atom stereocenters. The molecule has 0 aliphatic carbocycles. The number of hydrogen-bond acceptors (Lipinski definition) is 5. The number of nitrogens with one attached hydrogen (secondary N) is 3. The van der Waals surface area contributed by atoms with Gasteiger partial charge in [0, 0.05) is 0 Å². The van der Waals surface area contributed by atoms with E-state index in [1.165, 1.54) is 13.8 Å². The summed E-state index contributed by atoms with van der Waals surface area (Å²) in [4.78, 5) is 44.6.